The summed E-state index contributed by atoms with van der Waals surface area (Å²) in [6, 6.07) is 1.21. The van der Waals surface area contributed by atoms with E-state index in [2.05, 4.69) is 5.43 Å². The molecule has 1 aromatic rings. The average molecular weight is 237 g/mol. The number of pyridine rings is 1. The van der Waals surface area contributed by atoms with Crippen molar-refractivity contribution < 1.29 is 14.6 Å². The molecule has 7 heteroatoms. The molecule has 0 radical (unpaired) electrons. The van der Waals surface area contributed by atoms with E-state index in [1.54, 1.807) is 4.90 Å². The Morgan fingerprint density at radius 2 is 2.29 bits per heavy atom. The van der Waals surface area contributed by atoms with Crippen molar-refractivity contribution in [3.8, 4) is 5.75 Å². The van der Waals surface area contributed by atoms with Gasteiger partial charge in [0, 0.05) is 18.8 Å². The highest BCUT2D eigenvalue weighted by molar-refractivity contribution is 5.96. The number of carbonyl (C=O) groups excluding carboxylic acids is 1. The first-order chi connectivity index (χ1) is 8.18. The maximum atomic E-state index is 12.1. The van der Waals surface area contributed by atoms with Gasteiger partial charge in [-0.05, 0) is 0 Å². The van der Waals surface area contributed by atoms with E-state index in [1.807, 2.05) is 0 Å². The molecule has 2 aliphatic heterocycles. The highest BCUT2D eigenvalue weighted by atomic mass is 16.5. The molecule has 1 fully saturated rings. The van der Waals surface area contributed by atoms with Crippen molar-refractivity contribution in [1.82, 2.24) is 9.58 Å². The third-order valence-electron chi connectivity index (χ3n) is 2.95. The maximum Gasteiger partial charge on any atom is 0.278 e. The number of amides is 1. The Morgan fingerprint density at radius 1 is 1.47 bits per heavy atom. The largest absolute Gasteiger partial charge is 0.502 e. The van der Waals surface area contributed by atoms with Crippen molar-refractivity contribution in [3.63, 3.8) is 0 Å². The zero-order valence-corrected chi connectivity index (χ0v) is 8.92. The van der Waals surface area contributed by atoms with E-state index >= 15 is 0 Å². The molecule has 90 valence electrons. The molecular weight excluding hydrogens is 226 g/mol. The minimum atomic E-state index is -0.557. The summed E-state index contributed by atoms with van der Waals surface area (Å²) in [6.07, 6.45) is 1.17. The first-order valence-electron chi connectivity index (χ1n) is 5.28. The number of nitrogens with one attached hydrogen (secondary N) is 1. The molecule has 17 heavy (non-hydrogen) atoms. The summed E-state index contributed by atoms with van der Waals surface area (Å²) >= 11 is 0. The lowest BCUT2D eigenvalue weighted by atomic mass is 10.2. The predicted octanol–water partition coefficient (Wildman–Crippen LogP) is -1.09. The fraction of sp³-hybridized carbons (Fsp3) is 0.400. The van der Waals surface area contributed by atoms with E-state index in [4.69, 9.17) is 4.74 Å². The zero-order valence-electron chi connectivity index (χ0n) is 8.92. The van der Waals surface area contributed by atoms with Crippen molar-refractivity contribution >= 4 is 5.91 Å². The van der Waals surface area contributed by atoms with Gasteiger partial charge in [0.1, 0.15) is 6.17 Å². The molecule has 0 spiro atoms. The Morgan fingerprint density at radius 3 is 3.12 bits per heavy atom. The number of aromatic nitrogens is 1. The third kappa shape index (κ3) is 1.39. The van der Waals surface area contributed by atoms with Crippen molar-refractivity contribution in [3.05, 3.63) is 28.2 Å². The molecule has 2 aliphatic rings. The Balaban J connectivity index is 2.13. The number of fused-ring (bicyclic) bond motifs is 2. The number of morpholine rings is 1. The molecule has 1 saturated heterocycles. The van der Waals surface area contributed by atoms with Crippen molar-refractivity contribution in [1.29, 1.82) is 0 Å². The van der Waals surface area contributed by atoms with Gasteiger partial charge in [-0.2, -0.15) is 0 Å². The number of hydrogen-bond donors (Lipinski definition) is 2. The smallest absolute Gasteiger partial charge is 0.278 e. The fourth-order valence-electron chi connectivity index (χ4n) is 2.09. The monoisotopic (exact) mass is 237 g/mol. The molecule has 0 aromatic carbocycles. The molecule has 7 nitrogen and oxygen atoms in total. The highest BCUT2D eigenvalue weighted by Gasteiger charge is 2.36. The lowest BCUT2D eigenvalue weighted by Crippen LogP contribution is -2.59. The Labute approximate surface area is 96.2 Å². The third-order valence-corrected chi connectivity index (χ3v) is 2.95. The molecule has 3 heterocycles. The van der Waals surface area contributed by atoms with Crippen molar-refractivity contribution in [2.45, 2.75) is 6.17 Å². The summed E-state index contributed by atoms with van der Waals surface area (Å²) in [5.74, 6) is -0.873. The zero-order chi connectivity index (χ0) is 12.0. The SMILES string of the molecule is O=C1c2c(O)c(=O)ccn2N[C@H]2COCCN12. The highest BCUT2D eigenvalue weighted by Crippen LogP contribution is 2.21. The van der Waals surface area contributed by atoms with E-state index in [1.165, 1.54) is 16.9 Å². The Bertz CT molecular complexity index is 539. The van der Waals surface area contributed by atoms with Gasteiger partial charge in [0.05, 0.1) is 13.2 Å². The van der Waals surface area contributed by atoms with Crippen LogP contribution in [0.1, 0.15) is 10.5 Å². The number of carbonyl (C=O) groups is 1. The number of rotatable bonds is 0. The molecule has 3 rings (SSSR count). The number of ether oxygens (including phenoxy) is 1. The van der Waals surface area contributed by atoms with Crippen molar-refractivity contribution in [2.24, 2.45) is 0 Å². The van der Waals surface area contributed by atoms with Crippen LogP contribution in [0.15, 0.2) is 17.1 Å². The van der Waals surface area contributed by atoms with E-state index < -0.39 is 11.2 Å². The van der Waals surface area contributed by atoms with E-state index in [0.29, 0.717) is 19.8 Å². The van der Waals surface area contributed by atoms with Gasteiger partial charge in [0.15, 0.2) is 11.4 Å². The molecule has 1 aromatic heterocycles. The summed E-state index contributed by atoms with van der Waals surface area (Å²) in [4.78, 5) is 25.0. The maximum absolute atomic E-state index is 12.1. The van der Waals surface area contributed by atoms with Crippen LogP contribution in [0.4, 0.5) is 0 Å². The van der Waals surface area contributed by atoms with Crippen LogP contribution >= 0.6 is 0 Å². The minimum absolute atomic E-state index is 0.0179. The standard InChI is InChI=1S/C10H11N3O4/c14-6-1-2-13-8(9(6)15)10(16)12-3-4-17-5-7(12)11-13/h1-2,7,11,15H,3-5H2/t7-/m1/s1. The normalized spacial score (nSPS) is 22.7. The van der Waals surface area contributed by atoms with Crippen LogP contribution in [-0.2, 0) is 4.74 Å². The molecule has 1 amide bonds. The summed E-state index contributed by atoms with van der Waals surface area (Å²) in [7, 11) is 0. The summed E-state index contributed by atoms with van der Waals surface area (Å²) < 4.78 is 6.63. The number of aromatic hydroxyl groups is 1. The summed E-state index contributed by atoms with van der Waals surface area (Å²) in [5, 5.41) is 9.65. The van der Waals surface area contributed by atoms with Crippen molar-refractivity contribution in [2.75, 3.05) is 25.2 Å². The molecular formula is C10H11N3O4. The average Bonchev–Trinajstić information content (AvgIpc) is 2.34. The lowest BCUT2D eigenvalue weighted by molar-refractivity contribution is -0.00314. The summed E-state index contributed by atoms with van der Waals surface area (Å²) in [6.45, 7) is 1.29. The van der Waals surface area contributed by atoms with Gasteiger partial charge < -0.3 is 20.2 Å². The summed E-state index contributed by atoms with van der Waals surface area (Å²) in [5.41, 5.74) is 2.42. The molecule has 0 bridgehead atoms. The molecule has 1 atom stereocenters. The molecule has 0 unspecified atom stereocenters. The van der Waals surface area contributed by atoms with Gasteiger partial charge in [-0.3, -0.25) is 14.3 Å². The van der Waals surface area contributed by atoms with Crippen LogP contribution < -0.4 is 10.9 Å². The molecule has 0 saturated carbocycles. The van der Waals surface area contributed by atoms with Gasteiger partial charge in [-0.25, -0.2) is 0 Å². The molecule has 0 aliphatic carbocycles. The van der Waals surface area contributed by atoms with Crippen LogP contribution in [-0.4, -0.2) is 46.5 Å². The Hall–Kier alpha value is -2.02. The van der Waals surface area contributed by atoms with Gasteiger partial charge in [0.25, 0.3) is 5.91 Å². The molecule has 2 N–H and O–H groups in total. The predicted molar refractivity (Wildman–Crippen MR) is 57.4 cm³/mol. The number of nitrogens with zero attached hydrogens (tertiary/aromatic N) is 2. The first-order valence-corrected chi connectivity index (χ1v) is 5.28. The quantitative estimate of drug-likeness (QED) is 0.599. The van der Waals surface area contributed by atoms with E-state index in [-0.39, 0.29) is 17.8 Å². The van der Waals surface area contributed by atoms with Crippen LogP contribution in [0.3, 0.4) is 0 Å². The second-order valence-electron chi connectivity index (χ2n) is 3.97. The van der Waals surface area contributed by atoms with Crippen LogP contribution in [0, 0.1) is 0 Å². The number of hydrogen-bond acceptors (Lipinski definition) is 5. The minimum Gasteiger partial charge on any atom is -0.502 e. The fourth-order valence-corrected chi connectivity index (χ4v) is 2.09. The van der Waals surface area contributed by atoms with Gasteiger partial charge in [-0.15, -0.1) is 0 Å². The van der Waals surface area contributed by atoms with E-state index in [0.717, 1.165) is 0 Å². The van der Waals surface area contributed by atoms with Gasteiger partial charge in [0.2, 0.25) is 5.43 Å². The van der Waals surface area contributed by atoms with Crippen LogP contribution in [0.2, 0.25) is 0 Å². The van der Waals surface area contributed by atoms with Gasteiger partial charge >= 0.3 is 0 Å². The van der Waals surface area contributed by atoms with Crippen LogP contribution in [0.5, 0.6) is 5.75 Å². The first kappa shape index (κ1) is 10.2. The second kappa shape index (κ2) is 3.49. The second-order valence-corrected chi connectivity index (χ2v) is 3.97. The van der Waals surface area contributed by atoms with Gasteiger partial charge in [-0.1, -0.05) is 0 Å². The lowest BCUT2D eigenvalue weighted by Gasteiger charge is -2.41. The van der Waals surface area contributed by atoms with E-state index in [9.17, 15) is 14.7 Å². The Kier molecular flexibility index (Phi) is 2.08. The topological polar surface area (TPSA) is 83.8 Å². The van der Waals surface area contributed by atoms with Crippen LogP contribution in [0.25, 0.3) is 0 Å².